The van der Waals surface area contributed by atoms with E-state index in [0.29, 0.717) is 0 Å². The van der Waals surface area contributed by atoms with Crippen LogP contribution in [0.2, 0.25) is 0 Å². The molecule has 0 spiro atoms. The van der Waals surface area contributed by atoms with Crippen LogP contribution in [0.5, 0.6) is 0 Å². The molecule has 0 saturated carbocycles. The van der Waals surface area contributed by atoms with Crippen LogP contribution in [0.25, 0.3) is 0 Å². The maximum absolute atomic E-state index is 10.0. The number of nitrogens with one attached hydrogen (secondary N) is 1. The van der Waals surface area contributed by atoms with Crippen molar-refractivity contribution in [2.45, 2.75) is 20.8 Å². The van der Waals surface area contributed by atoms with Gasteiger partial charge in [-0.2, -0.15) is 10.8 Å². The lowest BCUT2D eigenvalue weighted by atomic mass is 10.1. The van der Waals surface area contributed by atoms with E-state index < -0.39 is 0 Å². The summed E-state index contributed by atoms with van der Waals surface area (Å²) in [5, 5.41) is 8.85. The number of halogens is 1. The number of benzene rings is 2. The summed E-state index contributed by atoms with van der Waals surface area (Å²) in [7, 11) is 1.21. The molecule has 4 nitrogen and oxygen atoms in total. The Bertz CT molecular complexity index is 654. The topological polar surface area (TPSA) is 42.3 Å². The van der Waals surface area contributed by atoms with Crippen molar-refractivity contribution in [2.24, 2.45) is 0 Å². The minimum Gasteiger partial charge on any atom is -0.368 e. The second kappa shape index (κ2) is 11.9. The van der Waals surface area contributed by atoms with Gasteiger partial charge in [0.25, 0.3) is 0 Å². The summed E-state index contributed by atoms with van der Waals surface area (Å²) in [6, 6.07) is 18.8. The highest BCUT2D eigenvalue weighted by atomic mass is 19.2. The summed E-state index contributed by atoms with van der Waals surface area (Å²) < 4.78 is 10.0. The van der Waals surface area contributed by atoms with Crippen molar-refractivity contribution in [3.8, 4) is 6.07 Å². The quantitative estimate of drug-likeness (QED) is 0.814. The number of aryl methyl sites for hydroxylation is 1. The molecular formula is C21H29FN4. The third kappa shape index (κ3) is 6.38. The molecule has 5 heteroatoms. The number of anilines is 2. The van der Waals surface area contributed by atoms with Gasteiger partial charge in [-0.3, -0.25) is 0 Å². The zero-order valence-electron chi connectivity index (χ0n) is 16.2. The van der Waals surface area contributed by atoms with Gasteiger partial charge < -0.3 is 9.80 Å². The molecule has 2 aromatic carbocycles. The van der Waals surface area contributed by atoms with E-state index in [9.17, 15) is 4.48 Å². The van der Waals surface area contributed by atoms with Crippen molar-refractivity contribution in [3.05, 3.63) is 59.7 Å². The van der Waals surface area contributed by atoms with Crippen LogP contribution in [0.3, 0.4) is 0 Å². The average molecular weight is 356 g/mol. The Morgan fingerprint density at radius 1 is 0.846 bits per heavy atom. The van der Waals surface area contributed by atoms with Crippen LogP contribution >= 0.6 is 0 Å². The van der Waals surface area contributed by atoms with Gasteiger partial charge in [0.05, 0.1) is 11.6 Å². The summed E-state index contributed by atoms with van der Waals surface area (Å²) in [5.74, 6) is 0. The molecule has 1 aliphatic heterocycles. The van der Waals surface area contributed by atoms with Crippen molar-refractivity contribution >= 4 is 11.4 Å². The van der Waals surface area contributed by atoms with Crippen LogP contribution in [-0.2, 0) is 0 Å². The molecule has 0 unspecified atom stereocenters. The first-order valence-electron chi connectivity index (χ1n) is 9.02. The zero-order chi connectivity index (χ0) is 19.4. The van der Waals surface area contributed by atoms with Gasteiger partial charge in [-0.1, -0.05) is 31.5 Å². The molecule has 0 aliphatic carbocycles. The highest BCUT2D eigenvalue weighted by Crippen LogP contribution is 2.21. The summed E-state index contributed by atoms with van der Waals surface area (Å²) in [4.78, 5) is 4.81. The van der Waals surface area contributed by atoms with Crippen molar-refractivity contribution in [1.82, 2.24) is 5.54 Å². The number of piperazine rings is 1. The normalized spacial score (nSPS) is 12.9. The second-order valence-corrected chi connectivity index (χ2v) is 5.66. The summed E-state index contributed by atoms with van der Waals surface area (Å²) in [6.07, 6.45) is 0. The van der Waals surface area contributed by atoms with Crippen LogP contribution in [0, 0.1) is 18.3 Å². The molecule has 3 rings (SSSR count). The predicted octanol–water partition coefficient (Wildman–Crippen LogP) is 4.31. The molecule has 1 heterocycles. The summed E-state index contributed by atoms with van der Waals surface area (Å²) >= 11 is 0. The number of hydrogen-bond acceptors (Lipinski definition) is 4. The molecule has 2 aromatic rings. The second-order valence-electron chi connectivity index (χ2n) is 5.66. The van der Waals surface area contributed by atoms with Gasteiger partial charge in [0.15, 0.2) is 0 Å². The fraction of sp³-hybridized carbons (Fsp3) is 0.381. The Morgan fingerprint density at radius 2 is 1.19 bits per heavy atom. The molecule has 26 heavy (non-hydrogen) atoms. The van der Waals surface area contributed by atoms with Crippen LogP contribution < -0.4 is 15.3 Å². The van der Waals surface area contributed by atoms with E-state index in [-0.39, 0.29) is 0 Å². The standard InChI is InChI=1S/C18H19N3.C2H6.CH4FN/c1-15-2-6-17(7-3-15)20-10-12-21(13-11-20)18-8-4-16(14-19)5-9-18;1-2;1-3-2/h2-9H,10-13H2,1H3;1-2H3;3H,1H3. The fourth-order valence-corrected chi connectivity index (χ4v) is 2.73. The third-order valence-corrected chi connectivity index (χ3v) is 4.04. The molecule has 1 N–H and O–H groups in total. The number of hydrogen-bond donors (Lipinski definition) is 1. The van der Waals surface area contributed by atoms with Crippen molar-refractivity contribution in [2.75, 3.05) is 43.0 Å². The zero-order valence-corrected chi connectivity index (χ0v) is 16.2. The SMILES string of the molecule is CC.CNF.Cc1ccc(N2CCN(c3ccc(C#N)cc3)CC2)cc1. The average Bonchev–Trinajstić information content (AvgIpc) is 2.71. The van der Waals surface area contributed by atoms with Gasteiger partial charge in [0.2, 0.25) is 0 Å². The van der Waals surface area contributed by atoms with Crippen molar-refractivity contribution < 1.29 is 4.48 Å². The van der Waals surface area contributed by atoms with E-state index in [1.807, 2.05) is 38.1 Å². The highest BCUT2D eigenvalue weighted by Gasteiger charge is 2.17. The Kier molecular flexibility index (Phi) is 9.81. The Balaban J connectivity index is 0.000000615. The molecular weight excluding hydrogens is 327 g/mol. The Morgan fingerprint density at radius 3 is 1.54 bits per heavy atom. The minimum absolute atomic E-state index is 0.719. The fourth-order valence-electron chi connectivity index (χ4n) is 2.73. The molecule has 1 saturated heterocycles. The van der Waals surface area contributed by atoms with Gasteiger partial charge in [0, 0.05) is 44.6 Å². The van der Waals surface area contributed by atoms with Crippen molar-refractivity contribution in [3.63, 3.8) is 0 Å². The number of nitrogens with zero attached hydrogens (tertiary/aromatic N) is 3. The Hall–Kier alpha value is -2.58. The predicted molar refractivity (Wildman–Crippen MR) is 108 cm³/mol. The molecule has 0 bridgehead atoms. The van der Waals surface area contributed by atoms with E-state index >= 15 is 0 Å². The Labute approximate surface area is 156 Å². The van der Waals surface area contributed by atoms with E-state index in [1.54, 1.807) is 0 Å². The minimum atomic E-state index is 0.719. The largest absolute Gasteiger partial charge is 0.368 e. The monoisotopic (exact) mass is 356 g/mol. The van der Waals surface area contributed by atoms with E-state index in [0.717, 1.165) is 31.7 Å². The number of nitriles is 1. The number of rotatable bonds is 2. The maximum atomic E-state index is 10.0. The van der Waals surface area contributed by atoms with E-state index in [4.69, 9.17) is 5.26 Å². The van der Waals surface area contributed by atoms with Crippen LogP contribution in [0.4, 0.5) is 15.9 Å². The first-order valence-corrected chi connectivity index (χ1v) is 9.02. The smallest absolute Gasteiger partial charge is 0.0991 e. The molecule has 1 aliphatic rings. The van der Waals surface area contributed by atoms with Crippen LogP contribution in [0.1, 0.15) is 25.0 Å². The first-order chi connectivity index (χ1) is 12.7. The molecule has 0 atom stereocenters. The third-order valence-electron chi connectivity index (χ3n) is 4.04. The van der Waals surface area contributed by atoms with Gasteiger partial charge in [-0.25, -0.2) is 0 Å². The van der Waals surface area contributed by atoms with Gasteiger partial charge >= 0.3 is 0 Å². The summed E-state index contributed by atoms with van der Waals surface area (Å²) in [6.45, 7) is 10.2. The maximum Gasteiger partial charge on any atom is 0.0991 e. The lowest BCUT2D eigenvalue weighted by Gasteiger charge is -2.37. The summed E-state index contributed by atoms with van der Waals surface area (Å²) in [5.41, 5.74) is 5.78. The van der Waals surface area contributed by atoms with E-state index in [1.165, 1.54) is 29.5 Å². The highest BCUT2D eigenvalue weighted by molar-refractivity contribution is 5.53. The van der Waals surface area contributed by atoms with Crippen LogP contribution in [-0.4, -0.2) is 33.2 Å². The van der Waals surface area contributed by atoms with Crippen molar-refractivity contribution in [1.29, 1.82) is 5.26 Å². The van der Waals surface area contributed by atoms with Gasteiger partial charge in [0.1, 0.15) is 0 Å². The first kappa shape index (κ1) is 21.5. The molecule has 1 fully saturated rings. The lowest BCUT2D eigenvalue weighted by molar-refractivity contribution is 0.380. The molecule has 140 valence electrons. The van der Waals surface area contributed by atoms with Gasteiger partial charge in [-0.15, -0.1) is 4.48 Å². The lowest BCUT2D eigenvalue weighted by Crippen LogP contribution is -2.46. The molecule has 0 radical (unpaired) electrons. The molecule has 0 aromatic heterocycles. The van der Waals surface area contributed by atoms with E-state index in [2.05, 4.69) is 47.1 Å². The molecule has 0 amide bonds. The van der Waals surface area contributed by atoms with Gasteiger partial charge in [-0.05, 0) is 43.3 Å². The van der Waals surface area contributed by atoms with Crippen LogP contribution in [0.15, 0.2) is 48.5 Å².